The second-order valence-electron chi connectivity index (χ2n) is 4.54. The van der Waals surface area contributed by atoms with Crippen molar-refractivity contribution in [3.63, 3.8) is 0 Å². The quantitative estimate of drug-likeness (QED) is 0.335. The smallest absolute Gasteiger partial charge is 0.116 e. The van der Waals surface area contributed by atoms with Gasteiger partial charge in [0.05, 0.1) is 0 Å². The van der Waals surface area contributed by atoms with Gasteiger partial charge < -0.3 is 0 Å². The maximum Gasteiger partial charge on any atom is 0.116 e. The number of nitrogens with zero attached hydrogens (tertiary/aromatic N) is 1. The van der Waals surface area contributed by atoms with Gasteiger partial charge in [-0.15, -0.1) is 4.91 Å². The van der Waals surface area contributed by atoms with E-state index in [1.807, 2.05) is 30.3 Å². The third-order valence-electron chi connectivity index (χ3n) is 3.58. The molecule has 0 N–H and O–H groups in total. The summed E-state index contributed by atoms with van der Waals surface area (Å²) >= 11 is 0. The second kappa shape index (κ2) is 3.26. The van der Waals surface area contributed by atoms with Gasteiger partial charge in [-0.1, -0.05) is 48.5 Å². The molecule has 0 saturated carbocycles. The van der Waals surface area contributed by atoms with E-state index in [1.165, 1.54) is 10.8 Å². The molecule has 0 spiro atoms. The highest BCUT2D eigenvalue weighted by atomic mass is 16.3. The Morgan fingerprint density at radius 3 is 2.17 bits per heavy atom. The molecule has 0 unspecified atom stereocenters. The van der Waals surface area contributed by atoms with Gasteiger partial charge in [-0.05, 0) is 38.2 Å². The molecular weight excluding hydrogens is 222 g/mol. The van der Waals surface area contributed by atoms with Crippen LogP contribution in [0.2, 0.25) is 0 Å². The van der Waals surface area contributed by atoms with Crippen LogP contribution in [0.5, 0.6) is 0 Å². The summed E-state index contributed by atoms with van der Waals surface area (Å²) in [6, 6.07) is 18.2. The van der Waals surface area contributed by atoms with Gasteiger partial charge in [0.2, 0.25) is 0 Å². The molecule has 18 heavy (non-hydrogen) atoms. The van der Waals surface area contributed by atoms with Crippen molar-refractivity contribution >= 4 is 38.0 Å². The number of hydrogen-bond donors (Lipinski definition) is 0. The Kier molecular flexibility index (Phi) is 1.73. The fraction of sp³-hybridized carbons (Fsp3) is 0. The lowest BCUT2D eigenvalue weighted by molar-refractivity contribution is 1.56. The summed E-state index contributed by atoms with van der Waals surface area (Å²) in [5.41, 5.74) is 0.520. The van der Waals surface area contributed by atoms with Crippen molar-refractivity contribution in [1.82, 2.24) is 0 Å². The van der Waals surface area contributed by atoms with E-state index in [2.05, 4.69) is 29.4 Å². The normalized spacial score (nSPS) is 11.6. The molecule has 0 aromatic heterocycles. The van der Waals surface area contributed by atoms with Crippen LogP contribution in [0.4, 0.5) is 5.69 Å². The highest BCUT2D eigenvalue weighted by Crippen LogP contribution is 2.39. The Balaban J connectivity index is 2.47. The summed E-state index contributed by atoms with van der Waals surface area (Å²) in [7, 11) is 0. The molecule has 0 aliphatic rings. The lowest BCUT2D eigenvalue weighted by atomic mass is 9.93. The molecule has 0 atom stereocenters. The lowest BCUT2D eigenvalue weighted by Gasteiger charge is -2.11. The van der Waals surface area contributed by atoms with Crippen molar-refractivity contribution in [3.05, 3.63) is 59.5 Å². The van der Waals surface area contributed by atoms with Gasteiger partial charge >= 0.3 is 0 Å². The molecule has 2 heteroatoms. The van der Waals surface area contributed by atoms with Crippen LogP contribution in [-0.4, -0.2) is 0 Å². The average molecular weight is 231 g/mol. The summed E-state index contributed by atoms with van der Waals surface area (Å²) in [4.78, 5) is 11.0. The van der Waals surface area contributed by atoms with Gasteiger partial charge in [0.15, 0.2) is 0 Å². The van der Waals surface area contributed by atoms with E-state index in [1.54, 1.807) is 0 Å². The molecule has 0 amide bonds. The Morgan fingerprint density at radius 2 is 1.39 bits per heavy atom. The zero-order chi connectivity index (χ0) is 12.1. The third kappa shape index (κ3) is 1.07. The summed E-state index contributed by atoms with van der Waals surface area (Å²) in [5.74, 6) is 0. The molecular formula is C16H9NO. The molecule has 2 nitrogen and oxygen atoms in total. The molecule has 0 radical (unpaired) electrons. The lowest BCUT2D eigenvalue weighted by Crippen LogP contribution is -1.83. The van der Waals surface area contributed by atoms with Gasteiger partial charge in [0.25, 0.3) is 0 Å². The van der Waals surface area contributed by atoms with Gasteiger partial charge in [-0.2, -0.15) is 0 Å². The average Bonchev–Trinajstić information content (AvgIpc) is 2.44. The molecule has 0 aliphatic heterocycles. The first-order valence-electron chi connectivity index (χ1n) is 5.88. The van der Waals surface area contributed by atoms with Crippen LogP contribution in [-0.2, 0) is 0 Å². The van der Waals surface area contributed by atoms with E-state index < -0.39 is 0 Å². The van der Waals surface area contributed by atoms with Crippen LogP contribution in [0.3, 0.4) is 0 Å². The van der Waals surface area contributed by atoms with Crippen molar-refractivity contribution in [3.8, 4) is 0 Å². The Bertz CT molecular complexity index is 895. The van der Waals surface area contributed by atoms with Crippen LogP contribution in [0, 0.1) is 4.91 Å². The second-order valence-corrected chi connectivity index (χ2v) is 4.54. The zero-order valence-electron chi connectivity index (χ0n) is 9.55. The molecule has 0 saturated heterocycles. The van der Waals surface area contributed by atoms with E-state index in [4.69, 9.17) is 0 Å². The van der Waals surface area contributed by atoms with Crippen LogP contribution >= 0.6 is 0 Å². The predicted molar refractivity (Wildman–Crippen MR) is 75.6 cm³/mol. The van der Waals surface area contributed by atoms with E-state index in [9.17, 15) is 4.91 Å². The SMILES string of the molecule is O=Nc1cc2cccc3ccc4cccc1c4c32. The fourth-order valence-electron chi connectivity index (χ4n) is 2.82. The Morgan fingerprint density at radius 1 is 0.722 bits per heavy atom. The number of rotatable bonds is 1. The van der Waals surface area contributed by atoms with Gasteiger partial charge in [-0.3, -0.25) is 0 Å². The number of benzene rings is 4. The highest BCUT2D eigenvalue weighted by Gasteiger charge is 2.11. The van der Waals surface area contributed by atoms with E-state index in [-0.39, 0.29) is 0 Å². The molecule has 0 aliphatic carbocycles. The Hall–Kier alpha value is -2.48. The van der Waals surface area contributed by atoms with Crippen LogP contribution < -0.4 is 0 Å². The zero-order valence-corrected chi connectivity index (χ0v) is 9.55. The summed E-state index contributed by atoms with van der Waals surface area (Å²) in [6.45, 7) is 0. The maximum atomic E-state index is 11.0. The number of hydrogen-bond acceptors (Lipinski definition) is 2. The van der Waals surface area contributed by atoms with Gasteiger partial charge in [0.1, 0.15) is 5.69 Å². The summed E-state index contributed by atoms with van der Waals surface area (Å²) in [5, 5.41) is 9.90. The van der Waals surface area contributed by atoms with Crippen molar-refractivity contribution in [2.75, 3.05) is 0 Å². The summed E-state index contributed by atoms with van der Waals surface area (Å²) in [6.07, 6.45) is 0. The Labute approximate surface area is 103 Å². The predicted octanol–water partition coefficient (Wildman–Crippen LogP) is 4.98. The highest BCUT2D eigenvalue weighted by molar-refractivity contribution is 6.25. The molecule has 4 rings (SSSR count). The first-order valence-corrected chi connectivity index (χ1v) is 5.88. The van der Waals surface area contributed by atoms with Gasteiger partial charge in [0, 0.05) is 5.39 Å². The number of nitroso groups, excluding NO2 is 1. The molecule has 0 bridgehead atoms. The monoisotopic (exact) mass is 231 g/mol. The van der Waals surface area contributed by atoms with Crippen LogP contribution in [0.1, 0.15) is 0 Å². The first-order chi connectivity index (χ1) is 8.88. The first kappa shape index (κ1) is 9.54. The van der Waals surface area contributed by atoms with Crippen molar-refractivity contribution in [2.24, 2.45) is 5.18 Å². The topological polar surface area (TPSA) is 29.4 Å². The molecule has 4 aromatic carbocycles. The molecule has 84 valence electrons. The molecule has 0 fully saturated rings. The largest absolute Gasteiger partial charge is 0.145 e. The molecule has 0 heterocycles. The van der Waals surface area contributed by atoms with Crippen LogP contribution in [0.15, 0.2) is 59.8 Å². The maximum absolute atomic E-state index is 11.0. The van der Waals surface area contributed by atoms with E-state index in [0.717, 1.165) is 21.5 Å². The molecule has 4 aromatic rings. The standard InChI is InChI=1S/C16H9NO/c18-17-14-9-12-5-1-3-10-7-8-11-4-2-6-13(14)16(11)15(10)12/h1-9H. The van der Waals surface area contributed by atoms with Crippen molar-refractivity contribution in [2.45, 2.75) is 0 Å². The van der Waals surface area contributed by atoms with Crippen molar-refractivity contribution in [1.29, 1.82) is 0 Å². The van der Waals surface area contributed by atoms with E-state index >= 15 is 0 Å². The fourth-order valence-corrected chi connectivity index (χ4v) is 2.82. The van der Waals surface area contributed by atoms with Crippen molar-refractivity contribution < 1.29 is 0 Å². The summed E-state index contributed by atoms with van der Waals surface area (Å²) < 4.78 is 0. The minimum Gasteiger partial charge on any atom is -0.145 e. The third-order valence-corrected chi connectivity index (χ3v) is 3.58. The minimum atomic E-state index is 0.520. The van der Waals surface area contributed by atoms with E-state index in [0.29, 0.717) is 5.69 Å². The van der Waals surface area contributed by atoms with Gasteiger partial charge in [-0.25, -0.2) is 0 Å². The van der Waals surface area contributed by atoms with Crippen LogP contribution in [0.25, 0.3) is 32.3 Å². The minimum absolute atomic E-state index is 0.520.